The Bertz CT molecular complexity index is 414. The topological polar surface area (TPSA) is 32.3 Å². The Morgan fingerprint density at radius 1 is 1.44 bits per heavy atom. The fourth-order valence-corrected chi connectivity index (χ4v) is 1.95. The molecule has 1 aromatic carbocycles. The third-order valence-electron chi connectivity index (χ3n) is 3.49. The normalized spacial score (nSPS) is 16.2. The van der Waals surface area contributed by atoms with Crippen LogP contribution in [0.25, 0.3) is 0 Å². The number of nitrogens with zero attached hydrogens (tertiary/aromatic N) is 1. The van der Waals surface area contributed by atoms with E-state index in [1.165, 1.54) is 12.8 Å². The van der Waals surface area contributed by atoms with E-state index in [1.807, 2.05) is 38.2 Å². The highest BCUT2D eigenvalue weighted by atomic mass is 35.5. The number of rotatable bonds is 4. The van der Waals surface area contributed by atoms with Gasteiger partial charge in [0.25, 0.3) is 0 Å². The van der Waals surface area contributed by atoms with Crippen LogP contribution in [0.2, 0.25) is 5.02 Å². The fraction of sp³-hybridized carbons (Fsp3) is 0.500. The first-order valence-corrected chi connectivity index (χ1v) is 6.72. The lowest BCUT2D eigenvalue weighted by Crippen LogP contribution is -2.39. The minimum Gasteiger partial charge on any atom is -0.338 e. The summed E-state index contributed by atoms with van der Waals surface area (Å²) in [5.41, 5.74) is 1.09. The molecule has 1 atom stereocenters. The van der Waals surface area contributed by atoms with E-state index < -0.39 is 0 Å². The van der Waals surface area contributed by atoms with Crippen LogP contribution in [0.5, 0.6) is 0 Å². The number of carbonyl (C=O) groups is 1. The fourth-order valence-electron chi connectivity index (χ4n) is 1.82. The number of nitrogens with one attached hydrogen (secondary N) is 1. The van der Waals surface area contributed by atoms with Gasteiger partial charge in [-0.25, -0.2) is 4.79 Å². The molecule has 2 amide bonds. The van der Waals surface area contributed by atoms with Crippen molar-refractivity contribution in [3.05, 3.63) is 34.9 Å². The molecule has 0 aromatic heterocycles. The summed E-state index contributed by atoms with van der Waals surface area (Å²) in [6.45, 7) is 2.82. The minimum atomic E-state index is -0.00986. The Kier molecular flexibility index (Phi) is 4.12. The largest absolute Gasteiger partial charge is 0.338 e. The molecule has 1 aliphatic rings. The number of hydrogen-bond acceptors (Lipinski definition) is 1. The Balaban J connectivity index is 1.91. The van der Waals surface area contributed by atoms with Gasteiger partial charge in [0.15, 0.2) is 0 Å². The van der Waals surface area contributed by atoms with Gasteiger partial charge in [-0.05, 0) is 43.4 Å². The van der Waals surface area contributed by atoms with Crippen molar-refractivity contribution in [2.45, 2.75) is 25.8 Å². The van der Waals surface area contributed by atoms with Crippen molar-refractivity contribution in [2.24, 2.45) is 5.92 Å². The molecular weight excluding hydrogens is 248 g/mol. The van der Waals surface area contributed by atoms with Crippen LogP contribution >= 0.6 is 11.6 Å². The summed E-state index contributed by atoms with van der Waals surface area (Å²) in [4.78, 5) is 13.7. The van der Waals surface area contributed by atoms with Crippen LogP contribution in [-0.4, -0.2) is 24.5 Å². The van der Waals surface area contributed by atoms with Crippen LogP contribution in [0.15, 0.2) is 24.3 Å². The molecule has 0 saturated heterocycles. The molecular formula is C14H19ClN2O. The first-order valence-electron chi connectivity index (χ1n) is 6.34. The number of urea groups is 1. The first-order chi connectivity index (χ1) is 8.58. The lowest BCUT2D eigenvalue weighted by atomic mass is 10.1. The van der Waals surface area contributed by atoms with Crippen molar-refractivity contribution >= 4 is 17.6 Å². The van der Waals surface area contributed by atoms with Gasteiger partial charge in [0, 0.05) is 18.6 Å². The molecule has 1 fully saturated rings. The maximum absolute atomic E-state index is 11.9. The number of amides is 2. The van der Waals surface area contributed by atoms with Gasteiger partial charge in [0.05, 0.1) is 6.04 Å². The van der Waals surface area contributed by atoms with Gasteiger partial charge >= 0.3 is 6.03 Å². The molecule has 0 radical (unpaired) electrons. The van der Waals surface area contributed by atoms with Crippen molar-refractivity contribution in [1.82, 2.24) is 10.2 Å². The molecule has 1 N–H and O–H groups in total. The predicted octanol–water partition coefficient (Wildman–Crippen LogP) is 3.45. The monoisotopic (exact) mass is 266 g/mol. The highest BCUT2D eigenvalue weighted by molar-refractivity contribution is 6.30. The van der Waals surface area contributed by atoms with Gasteiger partial charge in [0.2, 0.25) is 0 Å². The number of benzene rings is 1. The quantitative estimate of drug-likeness (QED) is 0.889. The van der Waals surface area contributed by atoms with E-state index in [4.69, 9.17) is 11.6 Å². The summed E-state index contributed by atoms with van der Waals surface area (Å²) < 4.78 is 0. The van der Waals surface area contributed by atoms with E-state index in [2.05, 4.69) is 5.32 Å². The smallest absolute Gasteiger partial charge is 0.317 e. The standard InChI is InChI=1S/C14H19ClN2O/c1-10(12-5-7-13(15)8-6-12)17(2)14(18)16-9-11-3-4-11/h5-8,10-11H,3-4,9H2,1-2H3,(H,16,18). The summed E-state index contributed by atoms with van der Waals surface area (Å²) >= 11 is 5.86. The van der Waals surface area contributed by atoms with Gasteiger partial charge in [0.1, 0.15) is 0 Å². The van der Waals surface area contributed by atoms with Crippen molar-refractivity contribution in [3.63, 3.8) is 0 Å². The second-order valence-corrected chi connectivity index (χ2v) is 5.40. The number of hydrogen-bond donors (Lipinski definition) is 1. The number of carbonyl (C=O) groups excluding carboxylic acids is 1. The van der Waals surface area contributed by atoms with Crippen molar-refractivity contribution in [1.29, 1.82) is 0 Å². The van der Waals surface area contributed by atoms with Crippen LogP contribution in [0.4, 0.5) is 4.79 Å². The van der Waals surface area contributed by atoms with E-state index in [9.17, 15) is 4.79 Å². The summed E-state index contributed by atoms with van der Waals surface area (Å²) in [7, 11) is 1.82. The summed E-state index contributed by atoms with van der Waals surface area (Å²) in [6.07, 6.45) is 2.49. The molecule has 1 aromatic rings. The molecule has 1 saturated carbocycles. The van der Waals surface area contributed by atoms with Crippen LogP contribution in [-0.2, 0) is 0 Å². The minimum absolute atomic E-state index is 0.00986. The zero-order valence-corrected chi connectivity index (χ0v) is 11.6. The molecule has 0 spiro atoms. The molecule has 4 heteroatoms. The van der Waals surface area contributed by atoms with Crippen LogP contribution in [0.1, 0.15) is 31.4 Å². The van der Waals surface area contributed by atoms with Crippen LogP contribution in [0, 0.1) is 5.92 Å². The second-order valence-electron chi connectivity index (χ2n) is 4.97. The van der Waals surface area contributed by atoms with Crippen LogP contribution < -0.4 is 5.32 Å². The van der Waals surface area contributed by atoms with E-state index in [1.54, 1.807) is 4.90 Å². The van der Waals surface area contributed by atoms with E-state index in [-0.39, 0.29) is 12.1 Å². The first kappa shape index (κ1) is 13.2. The van der Waals surface area contributed by atoms with E-state index in [0.29, 0.717) is 10.9 Å². The molecule has 1 aliphatic carbocycles. The molecule has 18 heavy (non-hydrogen) atoms. The van der Waals surface area contributed by atoms with E-state index in [0.717, 1.165) is 12.1 Å². The van der Waals surface area contributed by atoms with Gasteiger partial charge in [-0.3, -0.25) is 0 Å². The zero-order chi connectivity index (χ0) is 13.1. The Labute approximate surface area is 113 Å². The van der Waals surface area contributed by atoms with Gasteiger partial charge in [-0.2, -0.15) is 0 Å². The molecule has 98 valence electrons. The summed E-state index contributed by atoms with van der Waals surface area (Å²) in [5, 5.41) is 3.68. The molecule has 3 nitrogen and oxygen atoms in total. The lowest BCUT2D eigenvalue weighted by Gasteiger charge is -2.25. The maximum Gasteiger partial charge on any atom is 0.317 e. The van der Waals surface area contributed by atoms with Crippen molar-refractivity contribution < 1.29 is 4.79 Å². The van der Waals surface area contributed by atoms with Gasteiger partial charge in [-0.1, -0.05) is 23.7 Å². The number of halogens is 1. The lowest BCUT2D eigenvalue weighted by molar-refractivity contribution is 0.194. The zero-order valence-electron chi connectivity index (χ0n) is 10.8. The van der Waals surface area contributed by atoms with Crippen molar-refractivity contribution in [3.8, 4) is 0 Å². The SMILES string of the molecule is CC(c1ccc(Cl)cc1)N(C)C(=O)NCC1CC1. The molecule has 1 unspecified atom stereocenters. The predicted molar refractivity (Wildman–Crippen MR) is 73.8 cm³/mol. The van der Waals surface area contributed by atoms with E-state index >= 15 is 0 Å². The van der Waals surface area contributed by atoms with Gasteiger partial charge < -0.3 is 10.2 Å². The highest BCUT2D eigenvalue weighted by Crippen LogP contribution is 2.27. The molecule has 0 aliphatic heterocycles. The van der Waals surface area contributed by atoms with Crippen LogP contribution in [0.3, 0.4) is 0 Å². The van der Waals surface area contributed by atoms with Crippen molar-refractivity contribution in [2.75, 3.05) is 13.6 Å². The molecule has 0 heterocycles. The highest BCUT2D eigenvalue weighted by Gasteiger charge is 2.23. The summed E-state index contributed by atoms with van der Waals surface area (Å²) in [5.74, 6) is 0.702. The third-order valence-corrected chi connectivity index (χ3v) is 3.74. The molecule has 0 bridgehead atoms. The third kappa shape index (κ3) is 3.39. The Hall–Kier alpha value is -1.22. The average molecular weight is 267 g/mol. The maximum atomic E-state index is 11.9. The summed E-state index contributed by atoms with van der Waals surface area (Å²) in [6, 6.07) is 7.65. The Morgan fingerprint density at radius 2 is 2.06 bits per heavy atom. The second kappa shape index (κ2) is 5.61. The molecule has 2 rings (SSSR count). The van der Waals surface area contributed by atoms with Gasteiger partial charge in [-0.15, -0.1) is 0 Å². The average Bonchev–Trinajstić information content (AvgIpc) is 3.19. The Morgan fingerprint density at radius 3 is 2.61 bits per heavy atom.